The van der Waals surface area contributed by atoms with Crippen LogP contribution in [0.1, 0.15) is 32.3 Å². The fraction of sp³-hybridized carbons (Fsp3) is 0.364. The van der Waals surface area contributed by atoms with Crippen molar-refractivity contribution < 1.29 is 22.7 Å². The normalized spacial score (nSPS) is 14.9. The van der Waals surface area contributed by atoms with E-state index in [2.05, 4.69) is 5.32 Å². The first-order valence-electron chi connectivity index (χ1n) is 9.96. The second kappa shape index (κ2) is 8.97. The predicted molar refractivity (Wildman–Crippen MR) is 113 cm³/mol. The zero-order valence-corrected chi connectivity index (χ0v) is 17.9. The molecule has 0 atom stereocenters. The summed E-state index contributed by atoms with van der Waals surface area (Å²) in [5, 5.41) is 2.72. The molecule has 1 aliphatic carbocycles. The lowest BCUT2D eigenvalue weighted by Crippen LogP contribution is -2.37. The number of hydrogen-bond acceptors (Lipinski definition) is 5. The van der Waals surface area contributed by atoms with E-state index in [4.69, 9.17) is 4.74 Å². The van der Waals surface area contributed by atoms with Gasteiger partial charge in [-0.2, -0.15) is 4.31 Å². The first kappa shape index (κ1) is 22.0. The van der Waals surface area contributed by atoms with Gasteiger partial charge < -0.3 is 10.1 Å². The maximum atomic E-state index is 12.7. The molecule has 1 aliphatic rings. The van der Waals surface area contributed by atoms with Crippen molar-refractivity contribution in [2.24, 2.45) is 0 Å². The molecule has 0 bridgehead atoms. The molecule has 0 aliphatic heterocycles. The minimum absolute atomic E-state index is 0.151. The lowest BCUT2D eigenvalue weighted by atomic mass is 9.96. The topological polar surface area (TPSA) is 92.8 Å². The molecule has 1 fully saturated rings. The van der Waals surface area contributed by atoms with Crippen molar-refractivity contribution >= 4 is 27.6 Å². The molecular weight excluding hydrogens is 404 g/mol. The Morgan fingerprint density at radius 3 is 2.20 bits per heavy atom. The monoisotopic (exact) mass is 430 g/mol. The number of nitrogens with zero attached hydrogens (tertiary/aromatic N) is 1. The van der Waals surface area contributed by atoms with Crippen molar-refractivity contribution in [2.45, 2.75) is 37.0 Å². The number of amides is 1. The molecule has 1 saturated carbocycles. The van der Waals surface area contributed by atoms with E-state index in [0.29, 0.717) is 12.3 Å². The van der Waals surface area contributed by atoms with Gasteiger partial charge in [0.1, 0.15) is 0 Å². The van der Waals surface area contributed by atoms with Gasteiger partial charge in [-0.05, 0) is 49.6 Å². The van der Waals surface area contributed by atoms with Crippen LogP contribution in [0.2, 0.25) is 0 Å². The largest absolute Gasteiger partial charge is 0.465 e. The van der Waals surface area contributed by atoms with Gasteiger partial charge in [0.25, 0.3) is 0 Å². The van der Waals surface area contributed by atoms with Gasteiger partial charge in [0.2, 0.25) is 15.9 Å². The molecule has 160 valence electrons. The van der Waals surface area contributed by atoms with Crippen molar-refractivity contribution in [3.8, 4) is 0 Å². The molecule has 1 amide bonds. The highest BCUT2D eigenvalue weighted by Gasteiger charge is 2.52. The van der Waals surface area contributed by atoms with Gasteiger partial charge in [0, 0.05) is 12.2 Å². The van der Waals surface area contributed by atoms with Crippen molar-refractivity contribution in [1.82, 2.24) is 4.31 Å². The van der Waals surface area contributed by atoms with Crippen LogP contribution in [0.15, 0.2) is 59.5 Å². The summed E-state index contributed by atoms with van der Waals surface area (Å²) in [4.78, 5) is 24.8. The Labute approximate surface area is 177 Å². The molecular formula is C22H26N2O5S. The molecule has 0 spiro atoms. The second-order valence-electron chi connectivity index (χ2n) is 7.17. The third-order valence-corrected chi connectivity index (χ3v) is 7.13. The molecule has 2 aromatic carbocycles. The standard InChI is InChI=1S/C22H26N2O5S/c1-3-24(30(27,28)19-8-6-5-7-9-19)16-20(25)23-18-12-10-17(11-13-18)22(14-15-22)21(26)29-4-2/h5-13H,3-4,14-16H2,1-2H3,(H,23,25). The molecule has 3 rings (SSSR count). The van der Waals surface area contributed by atoms with Gasteiger partial charge in [-0.25, -0.2) is 8.42 Å². The third-order valence-electron chi connectivity index (χ3n) is 5.19. The van der Waals surface area contributed by atoms with Gasteiger partial charge in [-0.15, -0.1) is 0 Å². The number of ether oxygens (including phenoxy) is 1. The van der Waals surface area contributed by atoms with E-state index in [9.17, 15) is 18.0 Å². The number of rotatable bonds is 9. The number of benzene rings is 2. The molecule has 0 heterocycles. The number of nitrogens with one attached hydrogen (secondary N) is 1. The predicted octanol–water partition coefficient (Wildman–Crippen LogP) is 2.93. The maximum Gasteiger partial charge on any atom is 0.316 e. The molecule has 8 heteroatoms. The number of carbonyl (C=O) groups excluding carboxylic acids is 2. The molecule has 0 aromatic heterocycles. The van der Waals surface area contributed by atoms with Crippen LogP contribution in [0.3, 0.4) is 0 Å². The summed E-state index contributed by atoms with van der Waals surface area (Å²) in [5.41, 5.74) is 0.832. The highest BCUT2D eigenvalue weighted by atomic mass is 32.2. The smallest absolute Gasteiger partial charge is 0.316 e. The Morgan fingerprint density at radius 1 is 1.03 bits per heavy atom. The Morgan fingerprint density at radius 2 is 1.67 bits per heavy atom. The van der Waals surface area contributed by atoms with E-state index < -0.39 is 21.3 Å². The summed E-state index contributed by atoms with van der Waals surface area (Å²) >= 11 is 0. The number of esters is 1. The highest BCUT2D eigenvalue weighted by molar-refractivity contribution is 7.89. The van der Waals surface area contributed by atoms with Crippen molar-refractivity contribution in [3.05, 3.63) is 60.2 Å². The van der Waals surface area contributed by atoms with Crippen LogP contribution in [0.5, 0.6) is 0 Å². The number of sulfonamides is 1. The van der Waals surface area contributed by atoms with Crippen LogP contribution in [0.25, 0.3) is 0 Å². The number of likely N-dealkylation sites (N-methyl/N-ethyl adjacent to an activating group) is 1. The van der Waals surface area contributed by atoms with E-state index in [0.717, 1.165) is 22.7 Å². The van der Waals surface area contributed by atoms with Crippen LogP contribution in [-0.4, -0.2) is 44.3 Å². The first-order valence-corrected chi connectivity index (χ1v) is 11.4. The summed E-state index contributed by atoms with van der Waals surface area (Å²) in [5.74, 6) is -0.651. The minimum atomic E-state index is -3.75. The molecule has 30 heavy (non-hydrogen) atoms. The maximum absolute atomic E-state index is 12.7. The summed E-state index contributed by atoms with van der Waals surface area (Å²) in [7, 11) is -3.75. The number of anilines is 1. The van der Waals surface area contributed by atoms with Crippen LogP contribution >= 0.6 is 0 Å². The first-order chi connectivity index (χ1) is 14.3. The minimum Gasteiger partial charge on any atom is -0.465 e. The van der Waals surface area contributed by atoms with Gasteiger partial charge in [-0.1, -0.05) is 37.3 Å². The van der Waals surface area contributed by atoms with Crippen LogP contribution < -0.4 is 5.32 Å². The van der Waals surface area contributed by atoms with Gasteiger partial charge in [0.15, 0.2) is 0 Å². The quantitative estimate of drug-likeness (QED) is 0.618. The van der Waals surface area contributed by atoms with E-state index in [-0.39, 0.29) is 24.0 Å². The fourth-order valence-electron chi connectivity index (χ4n) is 3.35. The van der Waals surface area contributed by atoms with Crippen molar-refractivity contribution in [1.29, 1.82) is 0 Å². The average Bonchev–Trinajstić information content (AvgIpc) is 3.55. The lowest BCUT2D eigenvalue weighted by molar-refractivity contribution is -0.146. The Hall–Kier alpha value is -2.71. The van der Waals surface area contributed by atoms with E-state index in [1.54, 1.807) is 56.3 Å². The Kier molecular flexibility index (Phi) is 6.58. The lowest BCUT2D eigenvalue weighted by Gasteiger charge is -2.20. The molecule has 0 unspecified atom stereocenters. The van der Waals surface area contributed by atoms with Gasteiger partial charge >= 0.3 is 5.97 Å². The third kappa shape index (κ3) is 4.55. The van der Waals surface area contributed by atoms with Crippen molar-refractivity contribution in [2.75, 3.05) is 25.0 Å². The second-order valence-corrected chi connectivity index (χ2v) is 9.11. The molecule has 0 saturated heterocycles. The number of carbonyl (C=O) groups is 2. The molecule has 7 nitrogen and oxygen atoms in total. The summed E-state index contributed by atoms with van der Waals surface area (Å²) < 4.78 is 31.8. The average molecular weight is 431 g/mol. The Bertz CT molecular complexity index is 1000. The number of hydrogen-bond donors (Lipinski definition) is 1. The SMILES string of the molecule is CCOC(=O)C1(c2ccc(NC(=O)CN(CC)S(=O)(=O)c3ccccc3)cc2)CC1. The summed E-state index contributed by atoms with van der Waals surface area (Å²) in [6.07, 6.45) is 1.50. The van der Waals surface area contributed by atoms with E-state index >= 15 is 0 Å². The summed E-state index contributed by atoms with van der Waals surface area (Å²) in [6.45, 7) is 3.69. The van der Waals surface area contributed by atoms with E-state index in [1.165, 1.54) is 12.1 Å². The molecule has 0 radical (unpaired) electrons. The van der Waals surface area contributed by atoms with E-state index in [1.807, 2.05) is 0 Å². The van der Waals surface area contributed by atoms with Gasteiger partial charge in [-0.3, -0.25) is 9.59 Å². The van der Waals surface area contributed by atoms with Crippen LogP contribution in [-0.2, 0) is 29.8 Å². The highest BCUT2D eigenvalue weighted by Crippen LogP contribution is 2.49. The van der Waals surface area contributed by atoms with Gasteiger partial charge in [0.05, 0.1) is 23.5 Å². The molecule has 1 N–H and O–H groups in total. The van der Waals surface area contributed by atoms with Crippen LogP contribution in [0.4, 0.5) is 5.69 Å². The molecule has 2 aromatic rings. The zero-order valence-electron chi connectivity index (χ0n) is 17.1. The fourth-order valence-corrected chi connectivity index (χ4v) is 4.77. The zero-order chi connectivity index (χ0) is 21.8. The van der Waals surface area contributed by atoms with Crippen LogP contribution in [0, 0.1) is 0 Å². The Balaban J connectivity index is 1.65. The summed E-state index contributed by atoms with van der Waals surface area (Å²) in [6, 6.07) is 15.1. The van der Waals surface area contributed by atoms with Crippen molar-refractivity contribution in [3.63, 3.8) is 0 Å².